The van der Waals surface area contributed by atoms with Crippen LogP contribution in [-0.2, 0) is 19.1 Å². The lowest BCUT2D eigenvalue weighted by Gasteiger charge is -2.22. The van der Waals surface area contributed by atoms with Crippen LogP contribution >= 0.6 is 11.9 Å². The number of ether oxygens (including phenoxy) is 2. The first-order valence-electron chi connectivity index (χ1n) is 25.8. The van der Waals surface area contributed by atoms with E-state index in [0.717, 1.165) is 57.3 Å². The van der Waals surface area contributed by atoms with Gasteiger partial charge in [0.15, 0.2) is 0 Å². The summed E-state index contributed by atoms with van der Waals surface area (Å²) < 4.78 is 14.9. The van der Waals surface area contributed by atoms with Gasteiger partial charge in [0.1, 0.15) is 12.4 Å². The molecule has 1 saturated carbocycles. The largest absolute Gasteiger partial charge is 0.462 e. The Hall–Kier alpha value is -0.630. The lowest BCUT2D eigenvalue weighted by molar-refractivity contribution is -0.150. The van der Waals surface area contributed by atoms with Crippen LogP contribution in [0.3, 0.4) is 0 Å². The number of unbranched alkanes of at least 4 members (excludes halogenated alkanes) is 24. The van der Waals surface area contributed by atoms with Gasteiger partial charge in [0.2, 0.25) is 0 Å². The molecule has 1 rings (SSSR count). The predicted molar refractivity (Wildman–Crippen MR) is 256 cm³/mol. The Kier molecular flexibility index (Phi) is 46.9. The van der Waals surface area contributed by atoms with Crippen LogP contribution in [0.1, 0.15) is 265 Å². The first kappa shape index (κ1) is 57.4. The van der Waals surface area contributed by atoms with Crippen LogP contribution in [0.15, 0.2) is 0 Å². The molecule has 1 aliphatic rings. The molecule has 0 aromatic heterocycles. The minimum Gasteiger partial charge on any atom is -0.462 e. The lowest BCUT2D eigenvalue weighted by atomic mass is 10.0. The number of methoxy groups -OCH3 is 1. The van der Waals surface area contributed by atoms with E-state index < -0.39 is 0 Å². The highest BCUT2D eigenvalue weighted by atomic mass is 32.2. The number of carbonyl (C=O) groups excluding carboxylic acids is 2. The van der Waals surface area contributed by atoms with Gasteiger partial charge in [-0.3, -0.25) is 9.52 Å². The molecular weight excluding hydrogens is 737 g/mol. The van der Waals surface area contributed by atoms with E-state index >= 15 is 0 Å². The Morgan fingerprint density at radius 2 is 1.02 bits per heavy atom. The molecule has 0 radical (unpaired) electrons. The monoisotopic (exact) mass is 839 g/mol. The quantitative estimate of drug-likeness (QED) is 0.0283. The molecule has 7 heteroatoms. The molecule has 1 aliphatic carbocycles. The van der Waals surface area contributed by atoms with E-state index in [-0.39, 0.29) is 12.1 Å². The highest BCUT2D eigenvalue weighted by molar-refractivity contribution is 7.97. The van der Waals surface area contributed by atoms with Crippen LogP contribution in [0, 0.1) is 0 Å². The minimum absolute atomic E-state index is 0.0448. The van der Waals surface area contributed by atoms with Gasteiger partial charge in [-0.15, -0.1) is 0 Å². The fraction of sp³-hybridized carbons (Fsp3) is 0.961. The van der Waals surface area contributed by atoms with Crippen molar-refractivity contribution in [3.05, 3.63) is 0 Å². The molecule has 1 N–H and O–H groups in total. The molecule has 0 amide bonds. The molecule has 0 aliphatic heterocycles. The van der Waals surface area contributed by atoms with Crippen molar-refractivity contribution in [2.75, 3.05) is 32.5 Å². The summed E-state index contributed by atoms with van der Waals surface area (Å²) in [5, 5.41) is 0. The number of esters is 1. The highest BCUT2D eigenvalue weighted by Gasteiger charge is 2.20. The van der Waals surface area contributed by atoms with Crippen LogP contribution in [-0.4, -0.2) is 67.9 Å². The third kappa shape index (κ3) is 43.5. The maximum atomic E-state index is 12.7. The van der Waals surface area contributed by atoms with Crippen molar-refractivity contribution in [1.29, 1.82) is 0 Å². The number of aldehydes is 1. The Morgan fingerprint density at radius 3 is 1.48 bits per heavy atom. The van der Waals surface area contributed by atoms with Crippen LogP contribution in [0.4, 0.5) is 0 Å². The van der Waals surface area contributed by atoms with E-state index in [1.165, 1.54) is 212 Å². The van der Waals surface area contributed by atoms with Gasteiger partial charge in [-0.1, -0.05) is 181 Å². The normalized spacial score (nSPS) is 13.2. The summed E-state index contributed by atoms with van der Waals surface area (Å²) in [7, 11) is 1.82. The Labute approximate surface area is 367 Å². The third-order valence-corrected chi connectivity index (χ3v) is 12.9. The number of hydrogen-bond acceptors (Lipinski definition) is 7. The average Bonchev–Trinajstić information content (AvgIpc) is 4.06. The van der Waals surface area contributed by atoms with Crippen molar-refractivity contribution in [3.63, 3.8) is 0 Å². The molecule has 0 heterocycles. The molecule has 0 aromatic carbocycles. The minimum atomic E-state index is 0.0448. The van der Waals surface area contributed by atoms with Crippen molar-refractivity contribution in [1.82, 2.24) is 9.62 Å². The van der Waals surface area contributed by atoms with Crippen LogP contribution < -0.4 is 4.72 Å². The molecule has 6 nitrogen and oxygen atoms in total. The van der Waals surface area contributed by atoms with Gasteiger partial charge in [0, 0.05) is 31.7 Å². The molecule has 0 aromatic rings. The zero-order valence-electron chi connectivity index (χ0n) is 39.8. The lowest BCUT2D eigenvalue weighted by Crippen LogP contribution is -2.28. The molecule has 0 saturated heterocycles. The topological polar surface area (TPSA) is 67.9 Å². The average molecular weight is 839 g/mol. The second-order valence-corrected chi connectivity index (χ2v) is 18.7. The van der Waals surface area contributed by atoms with Crippen molar-refractivity contribution < 1.29 is 19.1 Å². The van der Waals surface area contributed by atoms with Crippen molar-refractivity contribution >= 4 is 24.2 Å². The highest BCUT2D eigenvalue weighted by Crippen LogP contribution is 2.22. The van der Waals surface area contributed by atoms with E-state index in [1.54, 1.807) is 0 Å². The predicted octanol–water partition coefficient (Wildman–Crippen LogP) is 15.5. The number of rotatable bonds is 46. The SMILES string of the molecule is CCCCCCCCC(CC)OC.CCCCCCCCC(CCCCCCCC)OC(=O)CCCCCCCN(CCCCCCCC=O)CCCSNC1CC1. The maximum Gasteiger partial charge on any atom is 0.306 e. The van der Waals surface area contributed by atoms with Crippen molar-refractivity contribution in [2.24, 2.45) is 0 Å². The molecule has 1 fully saturated rings. The van der Waals surface area contributed by atoms with Gasteiger partial charge in [0.25, 0.3) is 0 Å². The molecule has 0 spiro atoms. The molecule has 0 bridgehead atoms. The van der Waals surface area contributed by atoms with Crippen molar-refractivity contribution in [2.45, 2.75) is 284 Å². The van der Waals surface area contributed by atoms with Crippen molar-refractivity contribution in [3.8, 4) is 0 Å². The zero-order chi connectivity index (χ0) is 42.4. The standard InChI is InChI=1S/C39H76N2O3S.C12H26O/c1-3-5-7-9-14-20-27-38(28-21-15-10-8-6-4-2)44-39(43)29-22-16-13-18-24-33-41(32-23-17-11-12-19-25-35-42)34-26-36-45-40-37-30-31-37;1-4-6-7-8-9-10-11-12(5-2)13-3/h35,37-38,40H,3-34,36H2,1-2H3;12H,4-11H2,1-3H3. The zero-order valence-corrected chi connectivity index (χ0v) is 40.6. The first-order valence-corrected chi connectivity index (χ1v) is 26.8. The number of nitrogens with one attached hydrogen (secondary N) is 1. The Bertz CT molecular complexity index is 808. The van der Waals surface area contributed by atoms with E-state index in [0.29, 0.717) is 12.5 Å². The van der Waals surface area contributed by atoms with E-state index in [4.69, 9.17) is 9.47 Å². The summed E-state index contributed by atoms with van der Waals surface area (Å²) in [6.45, 7) is 12.6. The van der Waals surface area contributed by atoms with Crippen LogP contribution in [0.25, 0.3) is 0 Å². The van der Waals surface area contributed by atoms with E-state index in [1.807, 2.05) is 19.1 Å². The molecule has 1 unspecified atom stereocenters. The molecule has 1 atom stereocenters. The number of hydrogen-bond donors (Lipinski definition) is 1. The third-order valence-electron chi connectivity index (χ3n) is 11.9. The fourth-order valence-electron chi connectivity index (χ4n) is 7.75. The van der Waals surface area contributed by atoms with Gasteiger partial charge >= 0.3 is 5.97 Å². The smallest absolute Gasteiger partial charge is 0.306 e. The van der Waals surface area contributed by atoms with Gasteiger partial charge in [-0.05, 0) is 103 Å². The van der Waals surface area contributed by atoms with Crippen LogP contribution in [0.5, 0.6) is 0 Å². The summed E-state index contributed by atoms with van der Waals surface area (Å²) in [5.74, 6) is 1.25. The maximum absolute atomic E-state index is 12.7. The first-order chi connectivity index (χ1) is 28.5. The second-order valence-electron chi connectivity index (χ2n) is 17.7. The fourth-order valence-corrected chi connectivity index (χ4v) is 8.62. The summed E-state index contributed by atoms with van der Waals surface area (Å²) in [6, 6.07) is 0.781. The molecule has 346 valence electrons. The summed E-state index contributed by atoms with van der Waals surface area (Å²) in [5.41, 5.74) is 0. The summed E-state index contributed by atoms with van der Waals surface area (Å²) >= 11 is 1.92. The van der Waals surface area contributed by atoms with Gasteiger partial charge in [-0.2, -0.15) is 0 Å². The molecular formula is C51H102N2O4S. The van der Waals surface area contributed by atoms with Gasteiger partial charge < -0.3 is 19.2 Å². The molecule has 58 heavy (non-hydrogen) atoms. The second kappa shape index (κ2) is 47.4. The Balaban J connectivity index is 0.00000213. The number of carbonyl (C=O) groups is 2. The van der Waals surface area contributed by atoms with Gasteiger partial charge in [0.05, 0.1) is 6.10 Å². The van der Waals surface area contributed by atoms with Crippen LogP contribution in [0.2, 0.25) is 0 Å². The Morgan fingerprint density at radius 1 is 0.586 bits per heavy atom. The van der Waals surface area contributed by atoms with Gasteiger partial charge in [-0.25, -0.2) is 0 Å². The van der Waals surface area contributed by atoms with E-state index in [2.05, 4.69) is 37.3 Å². The summed E-state index contributed by atoms with van der Waals surface area (Å²) in [4.78, 5) is 25.9. The summed E-state index contributed by atoms with van der Waals surface area (Å²) in [6.07, 6.45) is 47.3. The number of nitrogens with zero attached hydrogens (tertiary/aromatic N) is 1. The van der Waals surface area contributed by atoms with E-state index in [9.17, 15) is 9.59 Å².